The van der Waals surface area contributed by atoms with Gasteiger partial charge in [0, 0.05) is 18.7 Å². The summed E-state index contributed by atoms with van der Waals surface area (Å²) in [5, 5.41) is 10.5. The van der Waals surface area contributed by atoms with Crippen LogP contribution in [0, 0.1) is 13.8 Å². The first-order valence-electron chi connectivity index (χ1n) is 6.57. The van der Waals surface area contributed by atoms with Crippen LogP contribution in [0.15, 0.2) is 21.2 Å². The van der Waals surface area contributed by atoms with Crippen LogP contribution in [0.2, 0.25) is 0 Å². The van der Waals surface area contributed by atoms with Gasteiger partial charge < -0.3 is 13.9 Å². The van der Waals surface area contributed by atoms with Crippen molar-refractivity contribution in [3.05, 3.63) is 29.3 Å². The molecule has 0 aromatic carbocycles. The highest BCUT2D eigenvalue weighted by Crippen LogP contribution is 2.31. The molecule has 0 saturated carbocycles. The quantitative estimate of drug-likeness (QED) is 0.911. The van der Waals surface area contributed by atoms with Crippen LogP contribution in [0.25, 0.3) is 0 Å². The van der Waals surface area contributed by atoms with Crippen LogP contribution in [0.1, 0.15) is 36.1 Å². The summed E-state index contributed by atoms with van der Waals surface area (Å²) in [6.45, 7) is 4.31. The average Bonchev–Trinajstić information content (AvgIpc) is 3.09. The lowest BCUT2D eigenvalue weighted by atomic mass is 10.1. The van der Waals surface area contributed by atoms with E-state index in [4.69, 9.17) is 9.05 Å². The van der Waals surface area contributed by atoms with E-state index in [2.05, 4.69) is 15.6 Å². The number of aromatic nitrogens is 2. The molecule has 1 N–H and O–H groups in total. The normalized spacial score (nSPS) is 18.5. The van der Waals surface area contributed by atoms with Gasteiger partial charge in [0.15, 0.2) is 5.82 Å². The van der Waals surface area contributed by atoms with Crippen molar-refractivity contribution < 1.29 is 13.8 Å². The number of amides is 2. The Kier molecular flexibility index (Phi) is 3.17. The van der Waals surface area contributed by atoms with Crippen LogP contribution in [0.4, 0.5) is 10.6 Å². The summed E-state index contributed by atoms with van der Waals surface area (Å²) >= 11 is 0. The Hall–Kier alpha value is -2.31. The van der Waals surface area contributed by atoms with Crippen LogP contribution in [0.5, 0.6) is 0 Å². The predicted octanol–water partition coefficient (Wildman–Crippen LogP) is 2.65. The van der Waals surface area contributed by atoms with Gasteiger partial charge in [0.05, 0.1) is 6.04 Å². The lowest BCUT2D eigenvalue weighted by molar-refractivity contribution is 0.204. The minimum Gasteiger partial charge on any atom is -0.361 e. The van der Waals surface area contributed by atoms with Gasteiger partial charge in [0.25, 0.3) is 0 Å². The number of carbonyl (C=O) groups is 1. The Bertz CT molecular complexity index is 619. The van der Waals surface area contributed by atoms with E-state index in [1.54, 1.807) is 17.9 Å². The van der Waals surface area contributed by atoms with E-state index in [1.807, 2.05) is 13.0 Å². The van der Waals surface area contributed by atoms with Gasteiger partial charge in [-0.05, 0) is 26.7 Å². The lowest BCUT2D eigenvalue weighted by Crippen LogP contribution is -2.34. The number of urea groups is 1. The first kappa shape index (κ1) is 12.7. The summed E-state index contributed by atoms with van der Waals surface area (Å²) in [6.07, 6.45) is 1.83. The van der Waals surface area contributed by atoms with E-state index >= 15 is 0 Å². The fourth-order valence-electron chi connectivity index (χ4n) is 2.47. The summed E-state index contributed by atoms with van der Waals surface area (Å²) < 4.78 is 10.0. The fourth-order valence-corrected chi connectivity index (χ4v) is 2.47. The molecule has 1 atom stereocenters. The number of aryl methyl sites for hydroxylation is 2. The molecular formula is C13H16N4O3. The van der Waals surface area contributed by atoms with Gasteiger partial charge in [-0.3, -0.25) is 5.32 Å². The van der Waals surface area contributed by atoms with Gasteiger partial charge in [-0.1, -0.05) is 10.3 Å². The number of hydrogen-bond acceptors (Lipinski definition) is 5. The predicted molar refractivity (Wildman–Crippen MR) is 70.2 cm³/mol. The van der Waals surface area contributed by atoms with Crippen LogP contribution < -0.4 is 5.32 Å². The molecule has 0 spiro atoms. The average molecular weight is 276 g/mol. The molecule has 3 rings (SSSR count). The molecular weight excluding hydrogens is 260 g/mol. The first-order chi connectivity index (χ1) is 9.63. The van der Waals surface area contributed by atoms with Crippen molar-refractivity contribution in [3.8, 4) is 0 Å². The maximum Gasteiger partial charge on any atom is 0.323 e. The van der Waals surface area contributed by atoms with E-state index in [9.17, 15) is 4.79 Å². The van der Waals surface area contributed by atoms with Gasteiger partial charge in [0.1, 0.15) is 17.2 Å². The molecule has 1 fully saturated rings. The first-order valence-corrected chi connectivity index (χ1v) is 6.57. The Labute approximate surface area is 115 Å². The highest BCUT2D eigenvalue weighted by molar-refractivity contribution is 5.88. The zero-order valence-corrected chi connectivity index (χ0v) is 11.4. The number of anilines is 1. The molecule has 0 aliphatic carbocycles. The number of rotatable bonds is 2. The smallest absolute Gasteiger partial charge is 0.323 e. The molecule has 20 heavy (non-hydrogen) atoms. The summed E-state index contributed by atoms with van der Waals surface area (Å²) in [5.74, 6) is 1.83. The van der Waals surface area contributed by atoms with Gasteiger partial charge in [-0.15, -0.1) is 0 Å². The van der Waals surface area contributed by atoms with Crippen LogP contribution in [-0.2, 0) is 0 Å². The third kappa shape index (κ3) is 2.38. The number of hydrogen-bond donors (Lipinski definition) is 1. The number of nitrogens with one attached hydrogen (secondary N) is 1. The molecule has 7 heteroatoms. The molecule has 7 nitrogen and oxygen atoms in total. The zero-order valence-electron chi connectivity index (χ0n) is 11.4. The van der Waals surface area contributed by atoms with E-state index in [0.717, 1.165) is 24.3 Å². The highest BCUT2D eigenvalue weighted by atomic mass is 16.5. The van der Waals surface area contributed by atoms with Crippen LogP contribution in [-0.4, -0.2) is 27.8 Å². The minimum atomic E-state index is -0.193. The maximum absolute atomic E-state index is 12.3. The summed E-state index contributed by atoms with van der Waals surface area (Å²) in [7, 11) is 0. The molecule has 1 aliphatic heterocycles. The molecule has 0 radical (unpaired) electrons. The largest absolute Gasteiger partial charge is 0.361 e. The second-order valence-electron chi connectivity index (χ2n) is 4.97. The van der Waals surface area contributed by atoms with E-state index in [0.29, 0.717) is 18.1 Å². The summed E-state index contributed by atoms with van der Waals surface area (Å²) in [5.41, 5.74) is 0.798. The number of nitrogens with zero attached hydrogens (tertiary/aromatic N) is 3. The number of likely N-dealkylation sites (tertiary alicyclic amines) is 1. The van der Waals surface area contributed by atoms with Crippen molar-refractivity contribution in [2.24, 2.45) is 0 Å². The Morgan fingerprint density at radius 2 is 2.05 bits per heavy atom. The van der Waals surface area contributed by atoms with Crippen molar-refractivity contribution in [2.75, 3.05) is 11.9 Å². The zero-order chi connectivity index (χ0) is 14.1. The molecule has 2 amide bonds. The molecule has 0 bridgehead atoms. The second kappa shape index (κ2) is 4.99. The topological polar surface area (TPSA) is 84.4 Å². The third-order valence-electron chi connectivity index (χ3n) is 3.36. The standard InChI is InChI=1S/C13H16N4O3/c1-8-6-10(15-19-8)11-4-3-5-17(11)13(18)14-12-7-9(2)20-16-12/h6-7,11H,3-5H2,1-2H3,(H,14,16,18)/t11-/m0/s1. The Morgan fingerprint density at radius 1 is 1.30 bits per heavy atom. The highest BCUT2D eigenvalue weighted by Gasteiger charge is 2.32. The monoisotopic (exact) mass is 276 g/mol. The van der Waals surface area contributed by atoms with E-state index < -0.39 is 0 Å². The van der Waals surface area contributed by atoms with Crippen molar-refractivity contribution >= 4 is 11.8 Å². The van der Waals surface area contributed by atoms with Crippen molar-refractivity contribution in [1.29, 1.82) is 0 Å². The van der Waals surface area contributed by atoms with Crippen LogP contribution >= 0.6 is 0 Å². The molecule has 1 saturated heterocycles. The third-order valence-corrected chi connectivity index (χ3v) is 3.36. The van der Waals surface area contributed by atoms with E-state index in [-0.39, 0.29) is 12.1 Å². The molecule has 2 aromatic heterocycles. The van der Waals surface area contributed by atoms with Crippen molar-refractivity contribution in [3.63, 3.8) is 0 Å². The molecule has 0 unspecified atom stereocenters. The van der Waals surface area contributed by atoms with Crippen molar-refractivity contribution in [2.45, 2.75) is 32.7 Å². The molecule has 3 heterocycles. The summed E-state index contributed by atoms with van der Waals surface area (Å²) in [6, 6.07) is 3.32. The molecule has 1 aliphatic rings. The lowest BCUT2D eigenvalue weighted by Gasteiger charge is -2.22. The van der Waals surface area contributed by atoms with Crippen molar-refractivity contribution in [1.82, 2.24) is 15.2 Å². The SMILES string of the molecule is Cc1cc(NC(=O)N2CCC[C@H]2c2cc(C)on2)no1. The van der Waals surface area contributed by atoms with Gasteiger partial charge >= 0.3 is 6.03 Å². The maximum atomic E-state index is 12.3. The second-order valence-corrected chi connectivity index (χ2v) is 4.97. The number of carbonyl (C=O) groups excluding carboxylic acids is 1. The Balaban J connectivity index is 1.73. The van der Waals surface area contributed by atoms with Crippen LogP contribution in [0.3, 0.4) is 0 Å². The summed E-state index contributed by atoms with van der Waals surface area (Å²) in [4.78, 5) is 14.0. The van der Waals surface area contributed by atoms with Gasteiger partial charge in [-0.25, -0.2) is 4.79 Å². The molecule has 106 valence electrons. The van der Waals surface area contributed by atoms with Gasteiger partial charge in [0.2, 0.25) is 0 Å². The van der Waals surface area contributed by atoms with E-state index in [1.165, 1.54) is 0 Å². The minimum absolute atomic E-state index is 0.0413. The fraction of sp³-hybridized carbons (Fsp3) is 0.462. The van der Waals surface area contributed by atoms with Gasteiger partial charge in [-0.2, -0.15) is 0 Å². The Morgan fingerprint density at radius 3 is 2.70 bits per heavy atom. The molecule has 2 aromatic rings.